The molecule has 2 heterocycles. The lowest BCUT2D eigenvalue weighted by molar-refractivity contribution is 1.07. The molecule has 0 aliphatic carbocycles. The lowest BCUT2D eigenvalue weighted by Crippen LogP contribution is -2.00. The van der Waals surface area contributed by atoms with E-state index in [0.29, 0.717) is 28.4 Å². The van der Waals surface area contributed by atoms with Crippen LogP contribution < -0.4 is 0 Å². The molecule has 4 nitrogen and oxygen atoms in total. The summed E-state index contributed by atoms with van der Waals surface area (Å²) < 4.78 is 37.5. The van der Waals surface area contributed by atoms with E-state index < -0.39 is 0 Å². The Labute approximate surface area is 360 Å². The van der Waals surface area contributed by atoms with E-state index in [1.165, 1.54) is 0 Å². The van der Waals surface area contributed by atoms with Crippen molar-refractivity contribution in [3.05, 3.63) is 230 Å². The summed E-state index contributed by atoms with van der Waals surface area (Å²) in [5, 5.41) is 1.26. The largest absolute Gasteiger partial charge is 0.309 e. The minimum Gasteiger partial charge on any atom is -0.309 e. The molecule has 0 aliphatic heterocycles. The molecular formula is C57H38N4. The predicted octanol–water partition coefficient (Wildman–Crippen LogP) is 14.6. The van der Waals surface area contributed by atoms with E-state index in [0.717, 1.165) is 77.8 Å². The molecule has 11 aromatic rings. The molecule has 0 radical (unpaired) electrons. The van der Waals surface area contributed by atoms with Crippen LogP contribution in [0.5, 0.6) is 0 Å². The van der Waals surface area contributed by atoms with Crippen molar-refractivity contribution in [3.63, 3.8) is 0 Å². The van der Waals surface area contributed by atoms with Gasteiger partial charge in [-0.1, -0.05) is 212 Å². The Morgan fingerprint density at radius 1 is 0.311 bits per heavy atom. The van der Waals surface area contributed by atoms with Crippen LogP contribution in [-0.2, 0) is 0 Å². The molecular weight excluding hydrogens is 741 g/mol. The van der Waals surface area contributed by atoms with Gasteiger partial charge in [-0.15, -0.1) is 0 Å². The predicted molar refractivity (Wildman–Crippen MR) is 252 cm³/mol. The van der Waals surface area contributed by atoms with Crippen LogP contribution in [0.2, 0.25) is 0 Å². The van der Waals surface area contributed by atoms with Gasteiger partial charge in [-0.2, -0.15) is 0 Å². The van der Waals surface area contributed by atoms with Crippen LogP contribution in [0.3, 0.4) is 0 Å². The van der Waals surface area contributed by atoms with Gasteiger partial charge < -0.3 is 4.57 Å². The first kappa shape index (κ1) is 31.7. The van der Waals surface area contributed by atoms with Gasteiger partial charge in [0.1, 0.15) is 0 Å². The monoisotopic (exact) mass is 782 g/mol. The minimum atomic E-state index is -0.265. The zero-order chi connectivity index (χ0) is 44.0. The van der Waals surface area contributed by atoms with Gasteiger partial charge in [-0.3, -0.25) is 0 Å². The molecule has 2 aromatic heterocycles. The van der Waals surface area contributed by atoms with Crippen LogP contribution in [0.15, 0.2) is 230 Å². The Hall–Kier alpha value is -8.21. The molecule has 0 spiro atoms. The Morgan fingerprint density at radius 2 is 0.689 bits per heavy atom. The van der Waals surface area contributed by atoms with Crippen LogP contribution in [0.1, 0.15) is 5.48 Å². The molecule has 0 atom stereocenters. The molecule has 11 rings (SSSR count). The molecule has 0 unspecified atom stereocenters. The molecule has 9 aromatic carbocycles. The molecule has 61 heavy (non-hydrogen) atoms. The molecule has 0 bridgehead atoms. The third-order valence-electron chi connectivity index (χ3n) is 11.2. The molecule has 0 N–H and O–H groups in total. The Kier molecular flexibility index (Phi) is 8.07. The topological polar surface area (TPSA) is 43.6 Å². The van der Waals surface area contributed by atoms with E-state index in [2.05, 4.69) is 103 Å². The molecule has 0 fully saturated rings. The number of rotatable bonds is 8. The second-order valence-corrected chi connectivity index (χ2v) is 14.9. The highest BCUT2D eigenvalue weighted by Crippen LogP contribution is 2.39. The fraction of sp³-hybridized carbons (Fsp3) is 0. The quantitative estimate of drug-likeness (QED) is 0.154. The molecule has 0 amide bonds. The number of benzene rings is 9. The van der Waals surface area contributed by atoms with Crippen molar-refractivity contribution in [1.82, 2.24) is 19.5 Å². The zero-order valence-electron chi connectivity index (χ0n) is 36.9. The maximum atomic E-state index is 9.15. The second kappa shape index (κ2) is 15.5. The van der Waals surface area contributed by atoms with E-state index >= 15 is 0 Å². The van der Waals surface area contributed by atoms with Gasteiger partial charge in [0.05, 0.1) is 16.5 Å². The van der Waals surface area contributed by atoms with Gasteiger partial charge in [0.25, 0.3) is 0 Å². The van der Waals surface area contributed by atoms with Gasteiger partial charge in [-0.25, -0.2) is 15.0 Å². The molecule has 0 saturated heterocycles. The van der Waals surface area contributed by atoms with Crippen molar-refractivity contribution in [2.45, 2.75) is 0 Å². The smallest absolute Gasteiger partial charge is 0.164 e. The maximum absolute atomic E-state index is 9.15. The van der Waals surface area contributed by atoms with E-state index in [1.807, 2.05) is 108 Å². The fourth-order valence-electron chi connectivity index (χ4n) is 8.14. The first-order chi connectivity index (χ1) is 31.9. The van der Waals surface area contributed by atoms with Crippen LogP contribution in [0, 0.1) is 0 Å². The van der Waals surface area contributed by atoms with E-state index in [9.17, 15) is 0 Å². The standard InChI is InChI=1S/C57H38N4/c1-4-13-39(14-5-1)41-23-29-45(30-24-41)50-20-12-21-52-51-19-10-11-22-53(51)61(54(50)52)49-37-35-44(36-38-49)43-27-33-48(34-28-43)57-59-55(46-17-8-3-9-18-46)58-56(60-57)47-31-25-42(26-32-47)40-15-6-2-7-16-40/h1-38H/i10D,11D,19D,22D. The molecule has 0 saturated carbocycles. The lowest BCUT2D eigenvalue weighted by Gasteiger charge is -2.13. The zero-order valence-corrected chi connectivity index (χ0v) is 32.9. The highest BCUT2D eigenvalue weighted by atomic mass is 15.0. The van der Waals surface area contributed by atoms with Crippen LogP contribution in [0.25, 0.3) is 106 Å². The Morgan fingerprint density at radius 3 is 1.18 bits per heavy atom. The molecule has 286 valence electrons. The number of hydrogen-bond acceptors (Lipinski definition) is 3. The summed E-state index contributed by atoms with van der Waals surface area (Å²) >= 11 is 0. The van der Waals surface area contributed by atoms with Crippen molar-refractivity contribution in [2.24, 2.45) is 0 Å². The van der Waals surface area contributed by atoms with Crippen LogP contribution >= 0.6 is 0 Å². The molecule has 0 aliphatic rings. The summed E-state index contributed by atoms with van der Waals surface area (Å²) in [5.74, 6) is 1.76. The summed E-state index contributed by atoms with van der Waals surface area (Å²) in [5.41, 5.74) is 13.1. The van der Waals surface area contributed by atoms with Crippen molar-refractivity contribution in [3.8, 4) is 84.4 Å². The van der Waals surface area contributed by atoms with E-state index in [4.69, 9.17) is 20.4 Å². The normalized spacial score (nSPS) is 12.2. The lowest BCUT2D eigenvalue weighted by atomic mass is 9.98. The number of nitrogens with zero attached hydrogens (tertiary/aromatic N) is 4. The van der Waals surface area contributed by atoms with Gasteiger partial charge >= 0.3 is 0 Å². The van der Waals surface area contributed by atoms with Crippen molar-refractivity contribution >= 4 is 21.8 Å². The number of aromatic nitrogens is 4. The summed E-state index contributed by atoms with van der Waals surface area (Å²) in [4.78, 5) is 14.9. The van der Waals surface area contributed by atoms with Crippen molar-refractivity contribution < 1.29 is 5.48 Å². The minimum absolute atomic E-state index is 0.0554. The summed E-state index contributed by atoms with van der Waals surface area (Å²) in [7, 11) is 0. The average molecular weight is 783 g/mol. The van der Waals surface area contributed by atoms with Crippen LogP contribution in [0.4, 0.5) is 0 Å². The third-order valence-corrected chi connectivity index (χ3v) is 11.2. The molecule has 4 heteroatoms. The number of hydrogen-bond donors (Lipinski definition) is 0. The Bertz CT molecular complexity index is 3520. The summed E-state index contributed by atoms with van der Waals surface area (Å²) in [6, 6.07) is 68.9. The van der Waals surface area contributed by atoms with Gasteiger partial charge in [0.2, 0.25) is 0 Å². The maximum Gasteiger partial charge on any atom is 0.164 e. The SMILES string of the molecule is [2H]c1c([2H])c([2H])c2c(c1[2H])c1cccc(-c3ccc(-c4ccccc4)cc3)c1n2-c1ccc(-c2ccc(-c3nc(-c4ccccc4)nc(-c4ccc(-c5ccccc5)cc4)n3)cc2)cc1. The first-order valence-electron chi connectivity index (χ1n) is 22.3. The van der Waals surface area contributed by atoms with Gasteiger partial charge in [-0.05, 0) is 57.1 Å². The fourth-order valence-corrected chi connectivity index (χ4v) is 8.14. The Balaban J connectivity index is 0.966. The first-order valence-corrected chi connectivity index (χ1v) is 20.3. The van der Waals surface area contributed by atoms with Gasteiger partial charge in [0, 0.05) is 38.7 Å². The second-order valence-electron chi connectivity index (χ2n) is 14.9. The van der Waals surface area contributed by atoms with E-state index in [1.54, 1.807) is 0 Å². The third kappa shape index (κ3) is 6.86. The highest BCUT2D eigenvalue weighted by Gasteiger charge is 2.17. The van der Waals surface area contributed by atoms with Crippen molar-refractivity contribution in [2.75, 3.05) is 0 Å². The average Bonchev–Trinajstić information content (AvgIpc) is 3.74. The van der Waals surface area contributed by atoms with Gasteiger partial charge in [0.15, 0.2) is 17.5 Å². The van der Waals surface area contributed by atoms with E-state index in [-0.39, 0.29) is 24.2 Å². The number of fused-ring (bicyclic) bond motifs is 3. The van der Waals surface area contributed by atoms with Crippen LogP contribution in [-0.4, -0.2) is 19.5 Å². The summed E-state index contributed by atoms with van der Waals surface area (Å²) in [6.07, 6.45) is 0. The summed E-state index contributed by atoms with van der Waals surface area (Å²) in [6.45, 7) is 0. The highest BCUT2D eigenvalue weighted by molar-refractivity contribution is 6.13. The van der Waals surface area contributed by atoms with Crippen molar-refractivity contribution in [1.29, 1.82) is 0 Å². The number of para-hydroxylation sites is 2.